The van der Waals surface area contributed by atoms with Crippen molar-refractivity contribution in [3.8, 4) is 11.5 Å². The Hall–Kier alpha value is -2.32. The first-order valence-corrected chi connectivity index (χ1v) is 15.3. The molecular formula is C33H37ClINO4. The van der Waals surface area contributed by atoms with Crippen LogP contribution in [0.5, 0.6) is 11.5 Å². The fraction of sp³-hybridized carbons (Fsp3) is 0.455. The van der Waals surface area contributed by atoms with Crippen molar-refractivity contribution in [3.63, 3.8) is 0 Å². The summed E-state index contributed by atoms with van der Waals surface area (Å²) in [6, 6.07) is 11.6. The first-order valence-electron chi connectivity index (χ1n) is 13.9. The third-order valence-electron chi connectivity index (χ3n) is 8.25. The van der Waals surface area contributed by atoms with Crippen LogP contribution in [0.3, 0.4) is 0 Å². The summed E-state index contributed by atoms with van der Waals surface area (Å²) in [5, 5.41) is 0.646. The molecule has 5 nitrogen and oxygen atoms in total. The molecule has 0 amide bonds. The van der Waals surface area contributed by atoms with E-state index in [0.717, 1.165) is 56.6 Å². The molecule has 5 rings (SSSR count). The number of halogens is 2. The summed E-state index contributed by atoms with van der Waals surface area (Å²) >= 11 is 8.62. The number of carbonyl (C=O) groups is 2. The van der Waals surface area contributed by atoms with E-state index in [-0.39, 0.29) is 22.4 Å². The Kier molecular flexibility index (Phi) is 7.90. The van der Waals surface area contributed by atoms with Crippen molar-refractivity contribution in [1.29, 1.82) is 0 Å². The summed E-state index contributed by atoms with van der Waals surface area (Å²) in [7, 11) is 1.62. The van der Waals surface area contributed by atoms with E-state index in [1.165, 1.54) is 0 Å². The molecule has 0 atom stereocenters. The molecule has 1 heterocycles. The van der Waals surface area contributed by atoms with Crippen molar-refractivity contribution < 1.29 is 19.1 Å². The highest BCUT2D eigenvalue weighted by Crippen LogP contribution is 2.55. The van der Waals surface area contributed by atoms with Gasteiger partial charge in [-0.25, -0.2) is 0 Å². The van der Waals surface area contributed by atoms with Crippen LogP contribution in [0.15, 0.2) is 58.9 Å². The van der Waals surface area contributed by atoms with Crippen molar-refractivity contribution in [3.05, 3.63) is 78.7 Å². The fourth-order valence-electron chi connectivity index (χ4n) is 6.57. The van der Waals surface area contributed by atoms with E-state index in [1.807, 2.05) is 36.4 Å². The molecule has 2 aromatic rings. The van der Waals surface area contributed by atoms with Crippen LogP contribution in [0, 0.1) is 14.4 Å². The number of nitrogens with zero attached hydrogens (tertiary/aromatic N) is 1. The second kappa shape index (κ2) is 10.8. The Morgan fingerprint density at radius 3 is 2.05 bits per heavy atom. The molecule has 3 aliphatic rings. The monoisotopic (exact) mass is 673 g/mol. The zero-order chi connectivity index (χ0) is 29.0. The summed E-state index contributed by atoms with van der Waals surface area (Å²) in [4.78, 5) is 30.1. The Morgan fingerprint density at radius 2 is 1.52 bits per heavy atom. The number of benzene rings is 2. The molecule has 212 valence electrons. The van der Waals surface area contributed by atoms with Gasteiger partial charge in [-0.05, 0) is 76.9 Å². The first-order chi connectivity index (χ1) is 18.9. The summed E-state index contributed by atoms with van der Waals surface area (Å²) in [6.07, 6.45) is 2.54. The molecule has 0 N–H and O–H groups in total. The summed E-state index contributed by atoms with van der Waals surface area (Å²) < 4.78 is 12.9. The van der Waals surface area contributed by atoms with Crippen LogP contribution in [-0.4, -0.2) is 30.1 Å². The minimum atomic E-state index is -0.417. The van der Waals surface area contributed by atoms with Crippen LogP contribution >= 0.6 is 34.2 Å². The number of rotatable bonds is 6. The Morgan fingerprint density at radius 1 is 0.950 bits per heavy atom. The SMILES string of the molecule is CCN1C2=C(C(=O)CC(C)(C)C2)C(c2cc(I)c(OCc3ccccc3Cl)c(OC)c2)C2=C1CC(C)(C)CC2=O. The lowest BCUT2D eigenvalue weighted by atomic mass is 9.63. The lowest BCUT2D eigenvalue weighted by molar-refractivity contribution is -0.119. The molecule has 40 heavy (non-hydrogen) atoms. The number of methoxy groups -OCH3 is 1. The molecule has 2 aromatic carbocycles. The highest BCUT2D eigenvalue weighted by molar-refractivity contribution is 14.1. The van der Waals surface area contributed by atoms with Crippen LogP contribution in [-0.2, 0) is 16.2 Å². The second-order valence-electron chi connectivity index (χ2n) is 12.7. The maximum absolute atomic E-state index is 13.9. The predicted octanol–water partition coefficient (Wildman–Crippen LogP) is 8.24. The molecular weight excluding hydrogens is 637 g/mol. The van der Waals surface area contributed by atoms with E-state index >= 15 is 0 Å². The third kappa shape index (κ3) is 5.34. The van der Waals surface area contributed by atoms with Gasteiger partial charge < -0.3 is 14.4 Å². The lowest BCUT2D eigenvalue weighted by Crippen LogP contribution is -2.44. The van der Waals surface area contributed by atoms with Gasteiger partial charge in [0.2, 0.25) is 0 Å². The zero-order valence-electron chi connectivity index (χ0n) is 24.1. The largest absolute Gasteiger partial charge is 0.493 e. The van der Waals surface area contributed by atoms with Gasteiger partial charge >= 0.3 is 0 Å². The number of Topliss-reactive ketones (excluding diaryl/α,β-unsaturated/α-hetero) is 2. The van der Waals surface area contributed by atoms with Crippen molar-refractivity contribution in [2.75, 3.05) is 13.7 Å². The highest BCUT2D eigenvalue weighted by atomic mass is 127. The van der Waals surface area contributed by atoms with E-state index in [0.29, 0.717) is 36.0 Å². The van der Waals surface area contributed by atoms with Crippen molar-refractivity contribution in [2.24, 2.45) is 10.8 Å². The van der Waals surface area contributed by atoms with E-state index in [9.17, 15) is 9.59 Å². The fourth-order valence-corrected chi connectivity index (χ4v) is 7.55. The molecule has 0 aromatic heterocycles. The highest BCUT2D eigenvalue weighted by Gasteiger charge is 2.48. The molecule has 0 fully saturated rings. The van der Waals surface area contributed by atoms with Crippen LogP contribution in [0.4, 0.5) is 0 Å². The standard InChI is InChI=1S/C33H37ClINO4/c1-7-36-23-14-32(2,3)16-25(37)29(23)28(30-24(36)15-33(4,5)17-26(30)38)20-12-22(35)31(27(13-20)39-6)40-18-19-10-8-9-11-21(19)34/h8-13,28H,7,14-18H2,1-6H3. The molecule has 0 radical (unpaired) electrons. The average Bonchev–Trinajstić information content (AvgIpc) is 2.86. The number of ether oxygens (including phenoxy) is 2. The van der Waals surface area contributed by atoms with Gasteiger partial charge in [-0.3, -0.25) is 9.59 Å². The average molecular weight is 674 g/mol. The van der Waals surface area contributed by atoms with Gasteiger partial charge in [0.15, 0.2) is 23.1 Å². The third-order valence-corrected chi connectivity index (χ3v) is 9.42. The van der Waals surface area contributed by atoms with Gasteiger partial charge in [-0.1, -0.05) is 57.5 Å². The molecule has 0 saturated heterocycles. The molecule has 2 aliphatic carbocycles. The van der Waals surface area contributed by atoms with Crippen LogP contribution in [0.2, 0.25) is 5.02 Å². The topological polar surface area (TPSA) is 55.8 Å². The van der Waals surface area contributed by atoms with E-state index < -0.39 is 5.92 Å². The van der Waals surface area contributed by atoms with Gasteiger partial charge in [-0.2, -0.15) is 0 Å². The maximum Gasteiger partial charge on any atom is 0.174 e. The summed E-state index contributed by atoms with van der Waals surface area (Å²) in [5.74, 6) is 1.04. The van der Waals surface area contributed by atoms with Crippen molar-refractivity contribution in [2.45, 2.75) is 72.8 Å². The normalized spacial score (nSPS) is 20.4. The van der Waals surface area contributed by atoms with E-state index in [4.69, 9.17) is 21.1 Å². The van der Waals surface area contributed by atoms with Gasteiger partial charge in [0.25, 0.3) is 0 Å². The minimum absolute atomic E-state index is 0.131. The molecule has 0 bridgehead atoms. The van der Waals surface area contributed by atoms with Gasteiger partial charge in [0.05, 0.1) is 10.7 Å². The quantitative estimate of drug-likeness (QED) is 0.289. The van der Waals surface area contributed by atoms with Crippen molar-refractivity contribution in [1.82, 2.24) is 4.90 Å². The predicted molar refractivity (Wildman–Crippen MR) is 167 cm³/mol. The van der Waals surface area contributed by atoms with Gasteiger partial charge in [-0.15, -0.1) is 0 Å². The molecule has 0 saturated carbocycles. The molecule has 0 spiro atoms. The number of hydrogen-bond acceptors (Lipinski definition) is 5. The van der Waals surface area contributed by atoms with Gasteiger partial charge in [0, 0.05) is 58.4 Å². The minimum Gasteiger partial charge on any atom is -0.493 e. The number of hydrogen-bond donors (Lipinski definition) is 0. The second-order valence-corrected chi connectivity index (χ2v) is 14.3. The smallest absolute Gasteiger partial charge is 0.174 e. The zero-order valence-corrected chi connectivity index (χ0v) is 27.0. The Bertz CT molecular complexity index is 1400. The summed E-state index contributed by atoms with van der Waals surface area (Å²) in [5.41, 5.74) is 5.20. The Labute approximate surface area is 256 Å². The van der Waals surface area contributed by atoms with E-state index in [2.05, 4.69) is 62.1 Å². The summed E-state index contributed by atoms with van der Waals surface area (Å²) in [6.45, 7) is 11.8. The lowest BCUT2D eigenvalue weighted by Gasteiger charge is -2.49. The first kappa shape index (κ1) is 29.2. The number of ketones is 2. The Balaban J connectivity index is 1.65. The molecule has 7 heteroatoms. The molecule has 1 aliphatic heterocycles. The number of carbonyl (C=O) groups excluding carboxylic acids is 2. The number of allylic oxidation sites excluding steroid dienone is 4. The maximum atomic E-state index is 13.9. The van der Waals surface area contributed by atoms with Crippen molar-refractivity contribution >= 4 is 45.8 Å². The van der Waals surface area contributed by atoms with Gasteiger partial charge in [0.1, 0.15) is 6.61 Å². The van der Waals surface area contributed by atoms with Crippen LogP contribution in [0.25, 0.3) is 0 Å². The van der Waals surface area contributed by atoms with Crippen LogP contribution < -0.4 is 9.47 Å². The molecule has 0 unspecified atom stereocenters. The van der Waals surface area contributed by atoms with E-state index in [1.54, 1.807) is 7.11 Å². The van der Waals surface area contributed by atoms with Crippen LogP contribution in [0.1, 0.15) is 77.3 Å².